The molecule has 4 heterocycles. The molecule has 0 atom stereocenters. The van der Waals surface area contributed by atoms with E-state index in [9.17, 15) is 9.18 Å². The minimum Gasteiger partial charge on any atom is -0.435 e. The summed E-state index contributed by atoms with van der Waals surface area (Å²) >= 11 is 1.30. The number of aromatic nitrogens is 3. The van der Waals surface area contributed by atoms with E-state index < -0.39 is 5.91 Å². The van der Waals surface area contributed by atoms with Crippen molar-refractivity contribution in [1.82, 2.24) is 20.3 Å². The average Bonchev–Trinajstić information content (AvgIpc) is 3.50. The number of oxazole rings is 1. The van der Waals surface area contributed by atoms with E-state index in [-0.39, 0.29) is 11.6 Å². The lowest BCUT2D eigenvalue weighted by molar-refractivity contribution is 0.0776. The zero-order chi connectivity index (χ0) is 25.1. The largest absolute Gasteiger partial charge is 0.435 e. The maximum absolute atomic E-state index is 13.3. The van der Waals surface area contributed by atoms with Crippen LogP contribution in [0.25, 0.3) is 22.6 Å². The number of amides is 1. The van der Waals surface area contributed by atoms with Gasteiger partial charge in [0, 0.05) is 49.9 Å². The van der Waals surface area contributed by atoms with Gasteiger partial charge in [-0.15, -0.1) is 11.3 Å². The predicted molar refractivity (Wildman–Crippen MR) is 135 cm³/mol. The number of thiazole rings is 1. The van der Waals surface area contributed by atoms with E-state index in [0.717, 1.165) is 49.4 Å². The van der Waals surface area contributed by atoms with Crippen molar-refractivity contribution in [2.45, 2.75) is 39.3 Å². The maximum atomic E-state index is 13.3. The number of hydrogen-bond donors (Lipinski definition) is 2. The van der Waals surface area contributed by atoms with E-state index in [1.807, 2.05) is 18.5 Å². The van der Waals surface area contributed by atoms with Crippen LogP contribution in [0.4, 0.5) is 9.52 Å². The van der Waals surface area contributed by atoms with Crippen molar-refractivity contribution in [2.24, 2.45) is 0 Å². The molecule has 1 aliphatic heterocycles. The van der Waals surface area contributed by atoms with E-state index in [1.54, 1.807) is 19.1 Å². The normalized spacial score (nSPS) is 14.2. The first-order chi connectivity index (χ1) is 17.5. The van der Waals surface area contributed by atoms with Gasteiger partial charge in [-0.3, -0.25) is 15.1 Å². The van der Waals surface area contributed by atoms with Gasteiger partial charge in [-0.25, -0.2) is 14.4 Å². The van der Waals surface area contributed by atoms with Crippen molar-refractivity contribution in [2.75, 3.05) is 18.5 Å². The highest BCUT2D eigenvalue weighted by Gasteiger charge is 2.22. The fraction of sp³-hybridized carbons (Fsp3) is 0.308. The minimum absolute atomic E-state index is 0.0477. The summed E-state index contributed by atoms with van der Waals surface area (Å²) in [4.78, 5) is 26.5. The van der Waals surface area contributed by atoms with Gasteiger partial charge in [-0.05, 0) is 55.2 Å². The lowest BCUT2D eigenvalue weighted by atomic mass is 10.1. The van der Waals surface area contributed by atoms with Gasteiger partial charge in [0.2, 0.25) is 5.76 Å². The highest BCUT2D eigenvalue weighted by Crippen LogP contribution is 2.29. The monoisotopic (exact) mass is 507 g/mol. The zero-order valence-corrected chi connectivity index (χ0v) is 20.8. The van der Waals surface area contributed by atoms with E-state index in [1.165, 1.54) is 23.5 Å². The molecular weight excluding hydrogens is 481 g/mol. The van der Waals surface area contributed by atoms with E-state index in [0.29, 0.717) is 34.0 Å². The van der Waals surface area contributed by atoms with Crippen LogP contribution in [0.15, 0.2) is 46.3 Å². The van der Waals surface area contributed by atoms with Gasteiger partial charge in [0.05, 0.1) is 5.69 Å². The van der Waals surface area contributed by atoms with Crippen LogP contribution in [0.5, 0.6) is 0 Å². The molecule has 0 spiro atoms. The minimum atomic E-state index is -0.477. The SMILES string of the molecule is Cc1nc(-c2ccc(F)cc2)c(C(=O)Nc2nc(-c3ncc(CNC4CCOCC4)cc3C)cs2)o1. The van der Waals surface area contributed by atoms with Crippen molar-refractivity contribution in [3.8, 4) is 22.6 Å². The Morgan fingerprint density at radius 1 is 1.14 bits per heavy atom. The predicted octanol–water partition coefficient (Wildman–Crippen LogP) is 5.14. The van der Waals surface area contributed by atoms with Gasteiger partial charge in [-0.1, -0.05) is 6.07 Å². The molecule has 4 aromatic rings. The third-order valence-electron chi connectivity index (χ3n) is 5.98. The van der Waals surface area contributed by atoms with Crippen LogP contribution in [0, 0.1) is 19.7 Å². The quantitative estimate of drug-likeness (QED) is 0.357. The number of benzene rings is 1. The summed E-state index contributed by atoms with van der Waals surface area (Å²) in [5, 5.41) is 8.63. The van der Waals surface area contributed by atoms with Gasteiger partial charge in [0.1, 0.15) is 17.2 Å². The van der Waals surface area contributed by atoms with Crippen LogP contribution in [-0.2, 0) is 11.3 Å². The van der Waals surface area contributed by atoms with Crippen molar-refractivity contribution in [1.29, 1.82) is 0 Å². The number of pyridine rings is 1. The maximum Gasteiger partial charge on any atom is 0.295 e. The van der Waals surface area contributed by atoms with Gasteiger partial charge in [0.15, 0.2) is 11.0 Å². The molecule has 0 unspecified atom stereocenters. The number of carbonyl (C=O) groups is 1. The highest BCUT2D eigenvalue weighted by atomic mass is 32.1. The molecule has 1 amide bonds. The average molecular weight is 508 g/mol. The van der Waals surface area contributed by atoms with Crippen molar-refractivity contribution in [3.63, 3.8) is 0 Å². The number of nitrogens with zero attached hydrogens (tertiary/aromatic N) is 3. The van der Waals surface area contributed by atoms with E-state index in [2.05, 4.69) is 31.7 Å². The van der Waals surface area contributed by atoms with Crippen LogP contribution in [0.2, 0.25) is 0 Å². The second-order valence-electron chi connectivity index (χ2n) is 8.69. The molecule has 0 aliphatic carbocycles. The molecule has 1 fully saturated rings. The number of anilines is 1. The molecule has 3 aromatic heterocycles. The Kier molecular flexibility index (Phi) is 7.17. The fourth-order valence-electron chi connectivity index (χ4n) is 4.14. The van der Waals surface area contributed by atoms with Crippen LogP contribution < -0.4 is 10.6 Å². The van der Waals surface area contributed by atoms with E-state index >= 15 is 0 Å². The molecule has 1 aliphatic rings. The van der Waals surface area contributed by atoms with Gasteiger partial charge >= 0.3 is 0 Å². The summed E-state index contributed by atoms with van der Waals surface area (Å²) in [6.07, 6.45) is 3.91. The van der Waals surface area contributed by atoms with Crippen LogP contribution in [-0.4, -0.2) is 40.1 Å². The Bertz CT molecular complexity index is 1360. The molecule has 5 rings (SSSR count). The number of hydrogen-bond acceptors (Lipinski definition) is 8. The molecule has 1 aromatic carbocycles. The second kappa shape index (κ2) is 10.7. The smallest absolute Gasteiger partial charge is 0.295 e. The Morgan fingerprint density at radius 3 is 2.67 bits per heavy atom. The summed E-state index contributed by atoms with van der Waals surface area (Å²) in [6, 6.07) is 8.33. The molecule has 186 valence electrons. The summed E-state index contributed by atoms with van der Waals surface area (Å²) in [5.74, 6) is -0.458. The number of nitrogens with one attached hydrogen (secondary N) is 2. The standard InChI is InChI=1S/C26H26FN5O3S/c1-15-11-17(12-28-20-7-9-34-10-8-20)13-29-22(15)21-14-36-26(31-21)32-25(33)24-23(30-16(2)35-24)18-3-5-19(27)6-4-18/h3-6,11,13-14,20,28H,7-10,12H2,1-2H3,(H,31,32,33). The number of aryl methyl sites for hydroxylation is 2. The number of carbonyl (C=O) groups excluding carboxylic acids is 1. The van der Waals surface area contributed by atoms with Crippen LogP contribution >= 0.6 is 11.3 Å². The Labute approximate surface area is 212 Å². The summed E-state index contributed by atoms with van der Waals surface area (Å²) in [6.45, 7) is 6.02. The lowest BCUT2D eigenvalue weighted by Crippen LogP contribution is -2.34. The van der Waals surface area contributed by atoms with Crippen LogP contribution in [0.3, 0.4) is 0 Å². The molecule has 8 nitrogen and oxygen atoms in total. The van der Waals surface area contributed by atoms with Crippen molar-refractivity contribution >= 4 is 22.4 Å². The first-order valence-electron chi connectivity index (χ1n) is 11.7. The van der Waals surface area contributed by atoms with Crippen molar-refractivity contribution in [3.05, 3.63) is 70.5 Å². The fourth-order valence-corrected chi connectivity index (χ4v) is 4.83. The number of rotatable bonds is 7. The third kappa shape index (κ3) is 5.51. The second-order valence-corrected chi connectivity index (χ2v) is 9.54. The van der Waals surface area contributed by atoms with Gasteiger partial charge < -0.3 is 14.5 Å². The number of ether oxygens (including phenoxy) is 1. The summed E-state index contributed by atoms with van der Waals surface area (Å²) in [5.41, 5.74) is 4.51. The Morgan fingerprint density at radius 2 is 1.92 bits per heavy atom. The first-order valence-corrected chi connectivity index (χ1v) is 12.6. The molecule has 10 heteroatoms. The van der Waals surface area contributed by atoms with E-state index in [4.69, 9.17) is 9.15 Å². The highest BCUT2D eigenvalue weighted by molar-refractivity contribution is 7.14. The topological polar surface area (TPSA) is 102 Å². The Balaban J connectivity index is 1.27. The van der Waals surface area contributed by atoms with Crippen LogP contribution in [0.1, 0.15) is 40.4 Å². The number of halogens is 1. The first kappa shape index (κ1) is 24.2. The van der Waals surface area contributed by atoms with Gasteiger partial charge in [-0.2, -0.15) is 0 Å². The molecule has 0 saturated carbocycles. The molecule has 0 radical (unpaired) electrons. The molecule has 0 bridgehead atoms. The lowest BCUT2D eigenvalue weighted by Gasteiger charge is -2.23. The molecular formula is C26H26FN5O3S. The van der Waals surface area contributed by atoms with Crippen molar-refractivity contribution < 1.29 is 18.3 Å². The molecule has 36 heavy (non-hydrogen) atoms. The molecule has 1 saturated heterocycles. The zero-order valence-electron chi connectivity index (χ0n) is 20.0. The summed E-state index contributed by atoms with van der Waals surface area (Å²) in [7, 11) is 0. The Hall–Kier alpha value is -3.47. The summed E-state index contributed by atoms with van der Waals surface area (Å²) < 4.78 is 24.3. The molecule has 2 N–H and O–H groups in total. The third-order valence-corrected chi connectivity index (χ3v) is 6.73. The van der Waals surface area contributed by atoms with Gasteiger partial charge in [0.25, 0.3) is 5.91 Å².